The third-order valence-corrected chi connectivity index (χ3v) is 10.6. The summed E-state index contributed by atoms with van der Waals surface area (Å²) in [5, 5.41) is 8.76. The Kier molecular flexibility index (Phi) is 5.69. The molecule has 1 heterocycles. The fourth-order valence-electron chi connectivity index (χ4n) is 8.71. The molecule has 1 aliphatic carbocycles. The van der Waals surface area contributed by atoms with Crippen LogP contribution in [0.3, 0.4) is 0 Å². The van der Waals surface area contributed by atoms with E-state index in [0.717, 1.165) is 11.3 Å². The van der Waals surface area contributed by atoms with Crippen LogP contribution in [-0.4, -0.2) is 0 Å². The molecule has 10 rings (SSSR count). The van der Waals surface area contributed by atoms with Crippen molar-refractivity contribution < 1.29 is 4.42 Å². The minimum absolute atomic E-state index is 0.240. The molecular weight excluding hydrogens is 581 g/mol. The molecule has 1 nitrogen and oxygen atoms in total. The van der Waals surface area contributed by atoms with Gasteiger partial charge in [0.05, 0.1) is 0 Å². The van der Waals surface area contributed by atoms with Gasteiger partial charge in [0.2, 0.25) is 0 Å². The van der Waals surface area contributed by atoms with Gasteiger partial charge in [0.1, 0.15) is 11.3 Å². The summed E-state index contributed by atoms with van der Waals surface area (Å²) in [4.78, 5) is 0. The van der Waals surface area contributed by atoms with Crippen LogP contribution in [0.2, 0.25) is 0 Å². The van der Waals surface area contributed by atoms with Gasteiger partial charge in [-0.1, -0.05) is 166 Å². The number of benzene rings is 8. The molecule has 1 heteroatoms. The summed E-state index contributed by atoms with van der Waals surface area (Å²) in [5.74, 6) is 1.01. The monoisotopic (exact) mass is 612 g/mol. The normalized spacial score (nSPS) is 13.4. The van der Waals surface area contributed by atoms with Crippen LogP contribution in [0.25, 0.3) is 88.0 Å². The van der Waals surface area contributed by atoms with Gasteiger partial charge in [-0.15, -0.1) is 0 Å². The van der Waals surface area contributed by atoms with Crippen LogP contribution in [0, 0.1) is 0 Å². The Bertz CT molecular complexity index is 2690. The Labute approximate surface area is 279 Å². The molecule has 0 fully saturated rings. The smallest absolute Gasteiger partial charge is 0.139 e. The standard InChI is InChI=1S/C47H32O/c1-47(2)44-39(26-14-27-40(44)46-45(47)38-24-11-12-28-41(38)48-46)43-36-22-9-7-20-34(36)42(35-21-8-10-23-37(35)43)33-19-6-5-18-32(33)31-25-13-16-29-15-3-4-17-30(29)31/h3-28H,1-2H3. The molecule has 0 saturated heterocycles. The van der Waals surface area contributed by atoms with Gasteiger partial charge in [-0.2, -0.15) is 0 Å². The largest absolute Gasteiger partial charge is 0.456 e. The number of furan rings is 1. The Balaban J connectivity index is 1.30. The van der Waals surface area contributed by atoms with Crippen LogP contribution in [0.4, 0.5) is 0 Å². The van der Waals surface area contributed by atoms with Gasteiger partial charge in [-0.05, 0) is 77.3 Å². The molecule has 1 aliphatic rings. The molecule has 1 aromatic heterocycles. The van der Waals surface area contributed by atoms with E-state index in [2.05, 4.69) is 172 Å². The SMILES string of the molecule is CC1(C)c2c(cccc2-c2c3ccccc3c(-c3ccccc3-c3cccc4ccccc34)c3ccccc23)-c2oc3ccccc3c21. The first-order valence-corrected chi connectivity index (χ1v) is 16.8. The van der Waals surface area contributed by atoms with Crippen LogP contribution >= 0.6 is 0 Å². The molecule has 0 unspecified atom stereocenters. The van der Waals surface area contributed by atoms with Gasteiger partial charge < -0.3 is 4.42 Å². The third kappa shape index (κ3) is 3.67. The van der Waals surface area contributed by atoms with Crippen molar-refractivity contribution in [1.82, 2.24) is 0 Å². The highest BCUT2D eigenvalue weighted by molar-refractivity contribution is 6.23. The molecule has 0 aliphatic heterocycles. The van der Waals surface area contributed by atoms with Crippen molar-refractivity contribution in [2.45, 2.75) is 19.3 Å². The summed E-state index contributed by atoms with van der Waals surface area (Å²) >= 11 is 0. The number of rotatable bonds is 3. The molecule has 0 radical (unpaired) electrons. The first-order chi connectivity index (χ1) is 23.6. The van der Waals surface area contributed by atoms with Crippen molar-refractivity contribution in [2.75, 3.05) is 0 Å². The minimum Gasteiger partial charge on any atom is -0.456 e. The van der Waals surface area contributed by atoms with Gasteiger partial charge in [0, 0.05) is 21.9 Å². The number of hydrogen-bond acceptors (Lipinski definition) is 1. The summed E-state index contributed by atoms with van der Waals surface area (Å²) in [6.07, 6.45) is 0. The lowest BCUT2D eigenvalue weighted by molar-refractivity contribution is 0.619. The van der Waals surface area contributed by atoms with Crippen molar-refractivity contribution in [2.24, 2.45) is 0 Å². The lowest BCUT2D eigenvalue weighted by atomic mass is 9.76. The molecule has 226 valence electrons. The number of hydrogen-bond donors (Lipinski definition) is 0. The Morgan fingerprint density at radius 1 is 0.354 bits per heavy atom. The fraction of sp³-hybridized carbons (Fsp3) is 0.0638. The van der Waals surface area contributed by atoms with Crippen molar-refractivity contribution in [3.63, 3.8) is 0 Å². The summed E-state index contributed by atoms with van der Waals surface area (Å²) in [5.41, 5.74) is 12.1. The first-order valence-electron chi connectivity index (χ1n) is 16.8. The van der Waals surface area contributed by atoms with Gasteiger partial charge >= 0.3 is 0 Å². The predicted molar refractivity (Wildman–Crippen MR) is 203 cm³/mol. The second-order valence-corrected chi connectivity index (χ2v) is 13.6. The average molecular weight is 613 g/mol. The molecule has 0 atom stereocenters. The highest BCUT2D eigenvalue weighted by atomic mass is 16.3. The fourth-order valence-corrected chi connectivity index (χ4v) is 8.71. The Morgan fingerprint density at radius 2 is 0.812 bits per heavy atom. The lowest BCUT2D eigenvalue weighted by Crippen LogP contribution is -2.16. The van der Waals surface area contributed by atoms with Crippen molar-refractivity contribution in [1.29, 1.82) is 0 Å². The van der Waals surface area contributed by atoms with Crippen LogP contribution in [0.5, 0.6) is 0 Å². The van der Waals surface area contributed by atoms with E-state index in [1.807, 2.05) is 0 Å². The molecule has 0 bridgehead atoms. The molecule has 0 saturated carbocycles. The van der Waals surface area contributed by atoms with E-state index in [1.165, 1.54) is 87.8 Å². The number of fused-ring (bicyclic) bond motifs is 8. The van der Waals surface area contributed by atoms with E-state index in [4.69, 9.17) is 4.42 Å². The van der Waals surface area contributed by atoms with E-state index in [9.17, 15) is 0 Å². The molecule has 9 aromatic rings. The summed E-state index contributed by atoms with van der Waals surface area (Å²) in [6.45, 7) is 4.73. The molecule has 8 aromatic carbocycles. The van der Waals surface area contributed by atoms with Crippen molar-refractivity contribution in [3.8, 4) is 44.7 Å². The van der Waals surface area contributed by atoms with Crippen LogP contribution < -0.4 is 0 Å². The van der Waals surface area contributed by atoms with Gasteiger partial charge in [-0.25, -0.2) is 0 Å². The van der Waals surface area contributed by atoms with E-state index in [-0.39, 0.29) is 5.41 Å². The lowest BCUT2D eigenvalue weighted by Gasteiger charge is -2.26. The van der Waals surface area contributed by atoms with Crippen molar-refractivity contribution in [3.05, 3.63) is 169 Å². The van der Waals surface area contributed by atoms with E-state index in [1.54, 1.807) is 0 Å². The maximum atomic E-state index is 6.60. The first kappa shape index (κ1) is 27.2. The Morgan fingerprint density at radius 3 is 1.52 bits per heavy atom. The van der Waals surface area contributed by atoms with Crippen LogP contribution in [0.15, 0.2) is 162 Å². The average Bonchev–Trinajstić information content (AvgIpc) is 3.64. The zero-order chi connectivity index (χ0) is 32.0. The van der Waals surface area contributed by atoms with E-state index in [0.29, 0.717) is 0 Å². The van der Waals surface area contributed by atoms with Gasteiger partial charge in [-0.3, -0.25) is 0 Å². The third-order valence-electron chi connectivity index (χ3n) is 10.6. The van der Waals surface area contributed by atoms with Crippen LogP contribution in [-0.2, 0) is 5.41 Å². The summed E-state index contributed by atoms with van der Waals surface area (Å²) in [7, 11) is 0. The second-order valence-electron chi connectivity index (χ2n) is 13.6. The van der Waals surface area contributed by atoms with Crippen LogP contribution in [0.1, 0.15) is 25.0 Å². The maximum absolute atomic E-state index is 6.60. The highest BCUT2D eigenvalue weighted by Gasteiger charge is 2.42. The summed E-state index contributed by atoms with van der Waals surface area (Å²) in [6, 6.07) is 57.5. The zero-order valence-corrected chi connectivity index (χ0v) is 26.9. The van der Waals surface area contributed by atoms with E-state index >= 15 is 0 Å². The molecule has 0 amide bonds. The summed E-state index contributed by atoms with van der Waals surface area (Å²) < 4.78 is 6.60. The maximum Gasteiger partial charge on any atom is 0.139 e. The Hall–Kier alpha value is -5.92. The minimum atomic E-state index is -0.240. The molecule has 48 heavy (non-hydrogen) atoms. The second kappa shape index (κ2) is 10.0. The number of para-hydroxylation sites is 1. The predicted octanol–water partition coefficient (Wildman–Crippen LogP) is 13.2. The van der Waals surface area contributed by atoms with Gasteiger partial charge in [0.25, 0.3) is 0 Å². The molecule has 0 N–H and O–H groups in total. The van der Waals surface area contributed by atoms with E-state index < -0.39 is 0 Å². The molecule has 0 spiro atoms. The van der Waals surface area contributed by atoms with Gasteiger partial charge in [0.15, 0.2) is 0 Å². The molecular formula is C47H32O. The highest BCUT2D eigenvalue weighted by Crippen LogP contribution is 2.57. The topological polar surface area (TPSA) is 13.1 Å². The zero-order valence-electron chi connectivity index (χ0n) is 26.9. The quantitative estimate of drug-likeness (QED) is 0.181. The van der Waals surface area contributed by atoms with Crippen molar-refractivity contribution >= 4 is 43.3 Å².